The van der Waals surface area contributed by atoms with Gasteiger partial charge in [0.15, 0.2) is 5.78 Å². The lowest BCUT2D eigenvalue weighted by Crippen LogP contribution is -2.49. The molecule has 1 heterocycles. The molecule has 7 nitrogen and oxygen atoms in total. The van der Waals surface area contributed by atoms with E-state index in [0.29, 0.717) is 31.4 Å². The van der Waals surface area contributed by atoms with Crippen LogP contribution in [0.4, 0.5) is 0 Å². The Morgan fingerprint density at radius 2 is 1.87 bits per heavy atom. The van der Waals surface area contributed by atoms with Crippen molar-refractivity contribution in [2.24, 2.45) is 11.8 Å². The first kappa shape index (κ1) is 23.7. The van der Waals surface area contributed by atoms with E-state index < -0.39 is 13.1 Å². The van der Waals surface area contributed by atoms with Gasteiger partial charge in [0.05, 0.1) is 12.1 Å². The first-order valence-electron chi connectivity index (χ1n) is 10.4. The second-order valence-electron chi connectivity index (χ2n) is 7.95. The van der Waals surface area contributed by atoms with Crippen LogP contribution in [0.25, 0.3) is 0 Å². The minimum Gasteiger partial charge on any atom is -0.426 e. The summed E-state index contributed by atoms with van der Waals surface area (Å²) in [5, 5.41) is 22.1. The molecular formula is C22H30BN3O4. The van der Waals surface area contributed by atoms with E-state index in [0.717, 1.165) is 5.56 Å². The number of hydrogen-bond donors (Lipinski definition) is 3. The van der Waals surface area contributed by atoms with Crippen molar-refractivity contribution >= 4 is 18.8 Å². The van der Waals surface area contributed by atoms with Crippen LogP contribution >= 0.6 is 0 Å². The Balaban J connectivity index is 2.02. The van der Waals surface area contributed by atoms with Gasteiger partial charge in [-0.1, -0.05) is 44.2 Å². The molecule has 0 fully saturated rings. The Kier molecular flexibility index (Phi) is 9.64. The fourth-order valence-corrected chi connectivity index (χ4v) is 3.37. The molecule has 0 aliphatic carbocycles. The summed E-state index contributed by atoms with van der Waals surface area (Å²) in [7, 11) is -1.62. The SMILES string of the molecule is CC(C)C[C@H](NC(=O)[C@@H](CCCC(=O)c1cnccn1)Cc1ccccc1)B(O)O. The van der Waals surface area contributed by atoms with Gasteiger partial charge in [-0.05, 0) is 37.2 Å². The number of rotatable bonds is 12. The smallest absolute Gasteiger partial charge is 0.426 e. The van der Waals surface area contributed by atoms with Crippen LogP contribution in [0.3, 0.4) is 0 Å². The maximum atomic E-state index is 12.9. The van der Waals surface area contributed by atoms with Crippen molar-refractivity contribution in [2.45, 2.75) is 51.9 Å². The molecule has 1 amide bonds. The molecule has 160 valence electrons. The third-order valence-electron chi connectivity index (χ3n) is 4.91. The van der Waals surface area contributed by atoms with Crippen molar-refractivity contribution in [1.82, 2.24) is 15.3 Å². The number of carbonyl (C=O) groups excluding carboxylic acids is 2. The lowest BCUT2D eigenvalue weighted by atomic mass is 9.74. The van der Waals surface area contributed by atoms with E-state index in [2.05, 4.69) is 15.3 Å². The summed E-state index contributed by atoms with van der Waals surface area (Å²) >= 11 is 0. The first-order chi connectivity index (χ1) is 14.4. The fourth-order valence-electron chi connectivity index (χ4n) is 3.37. The van der Waals surface area contributed by atoms with Gasteiger partial charge < -0.3 is 15.4 Å². The molecule has 0 radical (unpaired) electrons. The monoisotopic (exact) mass is 411 g/mol. The van der Waals surface area contributed by atoms with Crippen LogP contribution in [0.15, 0.2) is 48.9 Å². The predicted molar refractivity (Wildman–Crippen MR) is 115 cm³/mol. The number of ketones is 1. The average Bonchev–Trinajstić information content (AvgIpc) is 2.73. The summed E-state index contributed by atoms with van der Waals surface area (Å²) in [6.07, 6.45) is 6.72. The van der Waals surface area contributed by atoms with Crippen LogP contribution in [0.5, 0.6) is 0 Å². The number of carbonyl (C=O) groups is 2. The molecule has 0 unspecified atom stereocenters. The molecule has 2 aromatic rings. The number of amides is 1. The highest BCUT2D eigenvalue weighted by molar-refractivity contribution is 6.43. The van der Waals surface area contributed by atoms with Gasteiger partial charge in [-0.25, -0.2) is 4.98 Å². The van der Waals surface area contributed by atoms with Crippen LogP contribution in [0, 0.1) is 11.8 Å². The minimum atomic E-state index is -1.62. The largest absolute Gasteiger partial charge is 0.475 e. The van der Waals surface area contributed by atoms with Crippen LogP contribution in [-0.4, -0.2) is 44.8 Å². The molecule has 0 saturated heterocycles. The second-order valence-corrected chi connectivity index (χ2v) is 7.95. The fraction of sp³-hybridized carbons (Fsp3) is 0.455. The number of benzene rings is 1. The molecule has 2 rings (SSSR count). The third kappa shape index (κ3) is 8.04. The molecule has 0 aliphatic heterocycles. The Bertz CT molecular complexity index is 787. The predicted octanol–water partition coefficient (Wildman–Crippen LogP) is 2.23. The number of nitrogens with zero attached hydrogens (tertiary/aromatic N) is 2. The molecule has 3 N–H and O–H groups in total. The van der Waals surface area contributed by atoms with Crippen LogP contribution < -0.4 is 5.32 Å². The van der Waals surface area contributed by atoms with Crippen molar-refractivity contribution in [3.05, 3.63) is 60.2 Å². The molecule has 8 heteroatoms. The highest BCUT2D eigenvalue weighted by Gasteiger charge is 2.29. The molecule has 0 bridgehead atoms. The van der Waals surface area contributed by atoms with Gasteiger partial charge in [-0.3, -0.25) is 14.6 Å². The summed E-state index contributed by atoms with van der Waals surface area (Å²) in [6, 6.07) is 9.66. The number of Topliss-reactive ketones (excluding diaryl/α,β-unsaturated/α-hetero) is 1. The third-order valence-corrected chi connectivity index (χ3v) is 4.91. The van der Waals surface area contributed by atoms with E-state index in [4.69, 9.17) is 0 Å². The number of hydrogen-bond acceptors (Lipinski definition) is 6. The zero-order chi connectivity index (χ0) is 21.9. The van der Waals surface area contributed by atoms with Crippen LogP contribution in [0.1, 0.15) is 55.6 Å². The molecule has 30 heavy (non-hydrogen) atoms. The van der Waals surface area contributed by atoms with Gasteiger partial charge in [0.2, 0.25) is 5.91 Å². The number of aromatic nitrogens is 2. The molecule has 0 saturated carbocycles. The van der Waals surface area contributed by atoms with Gasteiger partial charge in [0.25, 0.3) is 0 Å². The lowest BCUT2D eigenvalue weighted by Gasteiger charge is -2.23. The van der Waals surface area contributed by atoms with Gasteiger partial charge in [0, 0.05) is 24.7 Å². The highest BCUT2D eigenvalue weighted by atomic mass is 16.4. The van der Waals surface area contributed by atoms with Gasteiger partial charge in [0.1, 0.15) is 5.69 Å². The van der Waals surface area contributed by atoms with Gasteiger partial charge >= 0.3 is 7.12 Å². The van der Waals surface area contributed by atoms with Gasteiger partial charge in [-0.15, -0.1) is 0 Å². The highest BCUT2D eigenvalue weighted by Crippen LogP contribution is 2.18. The van der Waals surface area contributed by atoms with E-state index >= 15 is 0 Å². The molecule has 0 aliphatic rings. The summed E-state index contributed by atoms with van der Waals surface area (Å²) < 4.78 is 0. The second kappa shape index (κ2) is 12.2. The molecule has 1 aromatic heterocycles. The maximum absolute atomic E-state index is 12.9. The van der Waals surface area contributed by atoms with Crippen molar-refractivity contribution in [2.75, 3.05) is 0 Å². The van der Waals surface area contributed by atoms with Gasteiger partial charge in [-0.2, -0.15) is 0 Å². The maximum Gasteiger partial charge on any atom is 0.475 e. The zero-order valence-electron chi connectivity index (χ0n) is 17.6. The summed E-state index contributed by atoms with van der Waals surface area (Å²) in [5.41, 5.74) is 1.34. The van der Waals surface area contributed by atoms with Crippen molar-refractivity contribution in [3.8, 4) is 0 Å². The Labute approximate surface area is 178 Å². The van der Waals surface area contributed by atoms with Crippen molar-refractivity contribution < 1.29 is 19.6 Å². The Morgan fingerprint density at radius 1 is 1.13 bits per heavy atom. The zero-order valence-corrected chi connectivity index (χ0v) is 17.6. The Morgan fingerprint density at radius 3 is 2.47 bits per heavy atom. The molecule has 1 aromatic carbocycles. The van der Waals surface area contributed by atoms with E-state index in [-0.39, 0.29) is 29.9 Å². The Hall–Kier alpha value is -2.58. The summed E-state index contributed by atoms with van der Waals surface area (Å²) in [6.45, 7) is 3.92. The molecular weight excluding hydrogens is 381 g/mol. The van der Waals surface area contributed by atoms with Crippen molar-refractivity contribution in [1.29, 1.82) is 0 Å². The van der Waals surface area contributed by atoms with Crippen LogP contribution in [0.2, 0.25) is 0 Å². The number of nitrogens with one attached hydrogen (secondary N) is 1. The van der Waals surface area contributed by atoms with E-state index in [1.54, 1.807) is 0 Å². The molecule has 0 spiro atoms. The standard InChI is InChI=1S/C22H30BN3O4/c1-16(2)13-21(23(29)30)26-22(28)18(14-17-7-4-3-5-8-17)9-6-10-20(27)19-15-24-11-12-25-19/h3-5,7-8,11-12,15-16,18,21,29-30H,6,9-10,13-14H2,1-2H3,(H,26,28)/t18-,21-/m0/s1. The summed E-state index contributed by atoms with van der Waals surface area (Å²) in [4.78, 5) is 33.2. The first-order valence-corrected chi connectivity index (χ1v) is 10.4. The quantitative estimate of drug-likeness (QED) is 0.365. The van der Waals surface area contributed by atoms with Crippen molar-refractivity contribution in [3.63, 3.8) is 0 Å². The lowest BCUT2D eigenvalue weighted by molar-refractivity contribution is -0.125. The van der Waals surface area contributed by atoms with Crippen LogP contribution in [-0.2, 0) is 11.2 Å². The topological polar surface area (TPSA) is 112 Å². The summed E-state index contributed by atoms with van der Waals surface area (Å²) in [5.74, 6) is -1.24. The van der Waals surface area contributed by atoms with E-state index in [1.807, 2.05) is 44.2 Å². The average molecular weight is 411 g/mol. The van der Waals surface area contributed by atoms with E-state index in [9.17, 15) is 19.6 Å². The molecule has 2 atom stereocenters. The minimum absolute atomic E-state index is 0.106. The normalized spacial score (nSPS) is 13.0. The van der Waals surface area contributed by atoms with E-state index in [1.165, 1.54) is 18.6 Å².